The summed E-state index contributed by atoms with van der Waals surface area (Å²) < 4.78 is 5.23. The Kier molecular flexibility index (Phi) is 3.64. The molecule has 1 aromatic carbocycles. The fourth-order valence-electron chi connectivity index (χ4n) is 2.74. The van der Waals surface area contributed by atoms with Crippen LogP contribution >= 0.6 is 0 Å². The Labute approximate surface area is 123 Å². The summed E-state index contributed by atoms with van der Waals surface area (Å²) in [6, 6.07) is 7.70. The molecule has 1 aliphatic heterocycles. The number of hydrogen-bond donors (Lipinski definition) is 1. The van der Waals surface area contributed by atoms with Crippen LogP contribution in [0.2, 0.25) is 0 Å². The number of fused-ring (bicyclic) bond motifs is 1. The number of carbonyl (C=O) groups excluding carboxylic acids is 1. The summed E-state index contributed by atoms with van der Waals surface area (Å²) in [5.41, 5.74) is 3.25. The average Bonchev–Trinajstić information content (AvgIpc) is 3.01. The van der Waals surface area contributed by atoms with E-state index in [9.17, 15) is 4.79 Å². The third-order valence-corrected chi connectivity index (χ3v) is 4.08. The third-order valence-electron chi connectivity index (χ3n) is 4.08. The van der Waals surface area contributed by atoms with Crippen LogP contribution in [0.4, 0.5) is 0 Å². The van der Waals surface area contributed by atoms with Gasteiger partial charge in [-0.2, -0.15) is 5.10 Å². The second-order valence-corrected chi connectivity index (χ2v) is 5.38. The Hall–Kier alpha value is -2.30. The van der Waals surface area contributed by atoms with E-state index < -0.39 is 0 Å². The van der Waals surface area contributed by atoms with Gasteiger partial charge in [0.15, 0.2) is 0 Å². The summed E-state index contributed by atoms with van der Waals surface area (Å²) in [5, 5.41) is 7.03. The molecule has 0 saturated carbocycles. The van der Waals surface area contributed by atoms with Crippen LogP contribution in [0.5, 0.6) is 5.75 Å². The second kappa shape index (κ2) is 5.60. The predicted octanol–water partition coefficient (Wildman–Crippen LogP) is 2.11. The zero-order chi connectivity index (χ0) is 14.8. The lowest BCUT2D eigenvalue weighted by atomic mass is 9.98. The average molecular weight is 285 g/mol. The lowest BCUT2D eigenvalue weighted by Gasteiger charge is -2.29. The minimum absolute atomic E-state index is 0.148. The van der Waals surface area contributed by atoms with E-state index in [0.29, 0.717) is 6.54 Å². The van der Waals surface area contributed by atoms with Gasteiger partial charge >= 0.3 is 0 Å². The van der Waals surface area contributed by atoms with Crippen molar-refractivity contribution in [2.75, 3.05) is 13.7 Å². The zero-order valence-electron chi connectivity index (χ0n) is 12.3. The molecule has 3 rings (SSSR count). The van der Waals surface area contributed by atoms with Gasteiger partial charge in [-0.05, 0) is 24.6 Å². The molecule has 2 aromatic rings. The number of benzene rings is 1. The van der Waals surface area contributed by atoms with Crippen molar-refractivity contribution < 1.29 is 9.53 Å². The first kappa shape index (κ1) is 13.7. The molecule has 1 unspecified atom stereocenters. The number of H-pyrrole nitrogens is 1. The fraction of sp³-hybridized carbons (Fsp3) is 0.375. The fourth-order valence-corrected chi connectivity index (χ4v) is 2.74. The number of aromatic nitrogens is 2. The highest BCUT2D eigenvalue weighted by molar-refractivity contribution is 5.83. The summed E-state index contributed by atoms with van der Waals surface area (Å²) in [6.45, 7) is 3.32. The topological polar surface area (TPSA) is 58.2 Å². The monoisotopic (exact) mass is 285 g/mol. The highest BCUT2D eigenvalue weighted by atomic mass is 16.5. The van der Waals surface area contributed by atoms with Gasteiger partial charge in [-0.1, -0.05) is 12.1 Å². The normalized spacial score (nSPS) is 15.4. The molecule has 0 aliphatic carbocycles. The number of rotatable bonds is 3. The second-order valence-electron chi connectivity index (χ2n) is 5.38. The molecule has 1 amide bonds. The first-order valence-electron chi connectivity index (χ1n) is 7.13. The van der Waals surface area contributed by atoms with E-state index >= 15 is 0 Å². The summed E-state index contributed by atoms with van der Waals surface area (Å²) in [6.07, 6.45) is 2.65. The predicted molar refractivity (Wildman–Crippen MR) is 79.1 cm³/mol. The molecule has 0 bridgehead atoms. The lowest BCUT2D eigenvalue weighted by molar-refractivity contribution is -0.133. The molecule has 0 fully saturated rings. The quantitative estimate of drug-likeness (QED) is 0.939. The smallest absolute Gasteiger partial charge is 0.230 e. The van der Waals surface area contributed by atoms with Crippen LogP contribution in [-0.2, 0) is 17.8 Å². The molecule has 1 aliphatic rings. The number of carbonyl (C=O) groups is 1. The molecule has 0 spiro atoms. The van der Waals surface area contributed by atoms with E-state index in [1.165, 1.54) is 0 Å². The maximum absolute atomic E-state index is 12.7. The summed E-state index contributed by atoms with van der Waals surface area (Å²) in [4.78, 5) is 14.6. The Morgan fingerprint density at radius 3 is 3.14 bits per heavy atom. The SMILES string of the molecule is COc1cccc(C(C)C(=O)N2CCc3[nH]ncc3C2)c1. The van der Waals surface area contributed by atoms with Gasteiger partial charge in [0, 0.05) is 30.8 Å². The van der Waals surface area contributed by atoms with Gasteiger partial charge in [0.25, 0.3) is 0 Å². The highest BCUT2D eigenvalue weighted by Gasteiger charge is 2.26. The number of hydrogen-bond acceptors (Lipinski definition) is 3. The highest BCUT2D eigenvalue weighted by Crippen LogP contribution is 2.25. The van der Waals surface area contributed by atoms with Crippen LogP contribution in [-0.4, -0.2) is 34.7 Å². The van der Waals surface area contributed by atoms with Crippen LogP contribution in [0.15, 0.2) is 30.5 Å². The van der Waals surface area contributed by atoms with Crippen LogP contribution < -0.4 is 4.74 Å². The summed E-state index contributed by atoms with van der Waals surface area (Å²) >= 11 is 0. The Bertz CT molecular complexity index is 650. The van der Waals surface area contributed by atoms with Gasteiger partial charge < -0.3 is 9.64 Å². The van der Waals surface area contributed by atoms with Crippen molar-refractivity contribution in [2.45, 2.75) is 25.8 Å². The van der Waals surface area contributed by atoms with Crippen molar-refractivity contribution in [1.29, 1.82) is 0 Å². The minimum Gasteiger partial charge on any atom is -0.497 e. The zero-order valence-corrected chi connectivity index (χ0v) is 12.3. The summed E-state index contributed by atoms with van der Waals surface area (Å²) in [5.74, 6) is 0.756. The van der Waals surface area contributed by atoms with Gasteiger partial charge in [-0.3, -0.25) is 9.89 Å². The first-order valence-corrected chi connectivity index (χ1v) is 7.13. The Morgan fingerprint density at radius 2 is 2.33 bits per heavy atom. The van der Waals surface area contributed by atoms with Crippen LogP contribution in [0.25, 0.3) is 0 Å². The van der Waals surface area contributed by atoms with E-state index in [2.05, 4.69) is 10.2 Å². The molecule has 0 saturated heterocycles. The van der Waals surface area contributed by atoms with Crippen molar-refractivity contribution in [3.05, 3.63) is 47.3 Å². The Balaban J connectivity index is 1.76. The molecule has 110 valence electrons. The van der Waals surface area contributed by atoms with Crippen molar-refractivity contribution in [2.24, 2.45) is 0 Å². The molecular formula is C16H19N3O2. The molecule has 21 heavy (non-hydrogen) atoms. The van der Waals surface area contributed by atoms with Gasteiger partial charge in [-0.25, -0.2) is 0 Å². The Morgan fingerprint density at radius 1 is 1.48 bits per heavy atom. The van der Waals surface area contributed by atoms with E-state index in [0.717, 1.165) is 35.5 Å². The maximum atomic E-state index is 12.7. The molecule has 1 atom stereocenters. The van der Waals surface area contributed by atoms with E-state index in [-0.39, 0.29) is 11.8 Å². The van der Waals surface area contributed by atoms with Crippen molar-refractivity contribution in [1.82, 2.24) is 15.1 Å². The van der Waals surface area contributed by atoms with Crippen LogP contribution in [0, 0.1) is 0 Å². The van der Waals surface area contributed by atoms with Crippen molar-refractivity contribution in [3.8, 4) is 5.75 Å². The van der Waals surface area contributed by atoms with Crippen LogP contribution in [0.3, 0.4) is 0 Å². The van der Waals surface area contributed by atoms with E-state index in [1.54, 1.807) is 7.11 Å². The van der Waals surface area contributed by atoms with Crippen molar-refractivity contribution in [3.63, 3.8) is 0 Å². The molecular weight excluding hydrogens is 266 g/mol. The third kappa shape index (κ3) is 2.63. The van der Waals surface area contributed by atoms with Crippen LogP contribution in [0.1, 0.15) is 29.7 Å². The number of nitrogens with one attached hydrogen (secondary N) is 1. The number of aromatic amines is 1. The molecule has 2 heterocycles. The molecule has 5 nitrogen and oxygen atoms in total. The number of amides is 1. The number of ether oxygens (including phenoxy) is 1. The largest absolute Gasteiger partial charge is 0.497 e. The summed E-state index contributed by atoms with van der Waals surface area (Å²) in [7, 11) is 1.64. The van der Waals surface area contributed by atoms with Gasteiger partial charge in [0.2, 0.25) is 5.91 Å². The van der Waals surface area contributed by atoms with Crippen molar-refractivity contribution >= 4 is 5.91 Å². The molecule has 1 N–H and O–H groups in total. The standard InChI is InChI=1S/C16H19N3O2/c1-11(12-4-3-5-14(8-12)21-2)16(20)19-7-6-15-13(10-19)9-17-18-15/h3-5,8-9,11H,6-7,10H2,1-2H3,(H,17,18). The molecule has 5 heteroatoms. The molecule has 0 radical (unpaired) electrons. The lowest BCUT2D eigenvalue weighted by Crippen LogP contribution is -2.38. The van der Waals surface area contributed by atoms with Gasteiger partial charge in [-0.15, -0.1) is 0 Å². The first-order chi connectivity index (χ1) is 10.2. The maximum Gasteiger partial charge on any atom is 0.230 e. The van der Waals surface area contributed by atoms with E-state index in [4.69, 9.17) is 4.74 Å². The van der Waals surface area contributed by atoms with Gasteiger partial charge in [0.05, 0.1) is 19.2 Å². The number of nitrogens with zero attached hydrogens (tertiary/aromatic N) is 2. The van der Waals surface area contributed by atoms with E-state index in [1.807, 2.05) is 42.3 Å². The minimum atomic E-state index is -0.173. The number of methoxy groups -OCH3 is 1. The van der Waals surface area contributed by atoms with Gasteiger partial charge in [0.1, 0.15) is 5.75 Å². The molecule has 1 aromatic heterocycles.